The fourth-order valence-corrected chi connectivity index (χ4v) is 4.13. The number of rotatable bonds is 7. The number of ether oxygens (including phenoxy) is 3. The normalized spacial score (nSPS) is 11.4. The molecule has 142 valence electrons. The lowest BCUT2D eigenvalue weighted by Gasteiger charge is -2.13. The number of methoxy groups -OCH3 is 3. The van der Waals surface area contributed by atoms with Crippen LogP contribution in [0.15, 0.2) is 59.5 Å². The lowest BCUT2D eigenvalue weighted by atomic mass is 10.1. The molecule has 3 aromatic rings. The van der Waals surface area contributed by atoms with Crippen LogP contribution in [-0.2, 0) is 16.6 Å². The van der Waals surface area contributed by atoms with E-state index in [0.29, 0.717) is 22.6 Å². The van der Waals surface area contributed by atoms with E-state index in [1.54, 1.807) is 56.7 Å². The van der Waals surface area contributed by atoms with E-state index < -0.39 is 10.0 Å². The van der Waals surface area contributed by atoms with Crippen molar-refractivity contribution < 1.29 is 22.6 Å². The zero-order chi connectivity index (χ0) is 19.4. The first-order valence-corrected chi connectivity index (χ1v) is 9.75. The highest BCUT2D eigenvalue weighted by Crippen LogP contribution is 2.31. The van der Waals surface area contributed by atoms with Gasteiger partial charge in [-0.2, -0.15) is 0 Å². The number of nitrogens with one attached hydrogen (secondary N) is 1. The Labute approximate surface area is 158 Å². The van der Waals surface area contributed by atoms with Crippen LogP contribution in [0.1, 0.15) is 5.56 Å². The molecule has 27 heavy (non-hydrogen) atoms. The molecule has 6 nitrogen and oxygen atoms in total. The molecule has 0 aromatic heterocycles. The third-order valence-electron chi connectivity index (χ3n) is 4.27. The Bertz CT molecular complexity index is 1060. The SMILES string of the molecule is COc1ccc(CNS(=O)(=O)c2ccc(OC)c3ccccc23)cc1OC. The van der Waals surface area contributed by atoms with Gasteiger partial charge in [0.25, 0.3) is 0 Å². The molecule has 0 amide bonds. The van der Waals surface area contributed by atoms with Gasteiger partial charge in [-0.05, 0) is 29.8 Å². The predicted molar refractivity (Wildman–Crippen MR) is 104 cm³/mol. The van der Waals surface area contributed by atoms with Crippen molar-refractivity contribution >= 4 is 20.8 Å². The van der Waals surface area contributed by atoms with Gasteiger partial charge in [-0.1, -0.05) is 30.3 Å². The number of hydrogen-bond donors (Lipinski definition) is 1. The molecule has 7 heteroatoms. The van der Waals surface area contributed by atoms with Crippen molar-refractivity contribution in [3.63, 3.8) is 0 Å². The zero-order valence-corrected chi connectivity index (χ0v) is 16.2. The fourth-order valence-electron chi connectivity index (χ4n) is 2.90. The van der Waals surface area contributed by atoms with Crippen LogP contribution in [0.3, 0.4) is 0 Å². The Balaban J connectivity index is 1.91. The molecule has 3 aromatic carbocycles. The standard InChI is InChI=1S/C20H21NO5S/c1-24-17-10-11-20(16-7-5-4-6-15(16)17)27(22,23)21-13-14-8-9-18(25-2)19(12-14)26-3/h4-12,21H,13H2,1-3H3. The molecule has 0 aliphatic heterocycles. The van der Waals surface area contributed by atoms with Crippen LogP contribution >= 0.6 is 0 Å². The number of benzene rings is 3. The highest BCUT2D eigenvalue weighted by atomic mass is 32.2. The summed E-state index contributed by atoms with van der Waals surface area (Å²) in [7, 11) is 0.925. The van der Waals surface area contributed by atoms with E-state index in [0.717, 1.165) is 10.9 Å². The largest absolute Gasteiger partial charge is 0.496 e. The molecule has 0 saturated heterocycles. The highest BCUT2D eigenvalue weighted by molar-refractivity contribution is 7.89. The topological polar surface area (TPSA) is 73.9 Å². The van der Waals surface area contributed by atoms with Crippen molar-refractivity contribution in [2.75, 3.05) is 21.3 Å². The van der Waals surface area contributed by atoms with Crippen molar-refractivity contribution in [1.29, 1.82) is 0 Å². The van der Waals surface area contributed by atoms with Gasteiger partial charge in [0.05, 0.1) is 26.2 Å². The van der Waals surface area contributed by atoms with Crippen LogP contribution in [-0.4, -0.2) is 29.7 Å². The molecule has 0 unspecified atom stereocenters. The van der Waals surface area contributed by atoms with E-state index >= 15 is 0 Å². The maximum atomic E-state index is 12.9. The molecule has 0 radical (unpaired) electrons. The molecule has 0 bridgehead atoms. The minimum Gasteiger partial charge on any atom is -0.496 e. The van der Waals surface area contributed by atoms with Gasteiger partial charge in [-0.3, -0.25) is 0 Å². The third-order valence-corrected chi connectivity index (χ3v) is 5.73. The smallest absolute Gasteiger partial charge is 0.241 e. The van der Waals surface area contributed by atoms with Crippen LogP contribution in [0, 0.1) is 0 Å². The second-order valence-electron chi connectivity index (χ2n) is 5.83. The van der Waals surface area contributed by atoms with Crippen LogP contribution in [0.4, 0.5) is 0 Å². The Morgan fingerprint density at radius 2 is 1.41 bits per heavy atom. The van der Waals surface area contributed by atoms with Gasteiger partial charge in [-0.25, -0.2) is 13.1 Å². The Hall–Kier alpha value is -2.77. The minimum atomic E-state index is -3.72. The van der Waals surface area contributed by atoms with Crippen LogP contribution in [0.2, 0.25) is 0 Å². The summed E-state index contributed by atoms with van der Waals surface area (Å²) < 4.78 is 44.2. The Morgan fingerprint density at radius 1 is 0.778 bits per heavy atom. The lowest BCUT2D eigenvalue weighted by molar-refractivity contribution is 0.354. The van der Waals surface area contributed by atoms with Gasteiger partial charge in [0.15, 0.2) is 11.5 Å². The van der Waals surface area contributed by atoms with Crippen molar-refractivity contribution in [1.82, 2.24) is 4.72 Å². The van der Waals surface area contributed by atoms with E-state index in [9.17, 15) is 8.42 Å². The summed E-state index contributed by atoms with van der Waals surface area (Å²) in [6.45, 7) is 0.128. The van der Waals surface area contributed by atoms with Gasteiger partial charge in [0.2, 0.25) is 10.0 Å². The summed E-state index contributed by atoms with van der Waals surface area (Å²) in [6.07, 6.45) is 0. The molecule has 0 aliphatic rings. The number of hydrogen-bond acceptors (Lipinski definition) is 5. The summed E-state index contributed by atoms with van der Waals surface area (Å²) in [4.78, 5) is 0.208. The summed E-state index contributed by atoms with van der Waals surface area (Å²) in [5.41, 5.74) is 0.758. The predicted octanol–water partition coefficient (Wildman–Crippen LogP) is 3.34. The van der Waals surface area contributed by atoms with E-state index in [1.165, 1.54) is 7.11 Å². The van der Waals surface area contributed by atoms with Crippen molar-refractivity contribution in [2.45, 2.75) is 11.4 Å². The first-order valence-electron chi connectivity index (χ1n) is 8.26. The molecule has 0 spiro atoms. The van der Waals surface area contributed by atoms with E-state index in [-0.39, 0.29) is 11.4 Å². The number of fused-ring (bicyclic) bond motifs is 1. The molecule has 0 saturated carbocycles. The zero-order valence-electron chi connectivity index (χ0n) is 15.4. The van der Waals surface area contributed by atoms with E-state index in [4.69, 9.17) is 14.2 Å². The minimum absolute atomic E-state index is 0.128. The fraction of sp³-hybridized carbons (Fsp3) is 0.200. The van der Waals surface area contributed by atoms with Crippen LogP contribution < -0.4 is 18.9 Å². The molecule has 0 atom stereocenters. The van der Waals surface area contributed by atoms with Gasteiger partial charge >= 0.3 is 0 Å². The van der Waals surface area contributed by atoms with Gasteiger partial charge in [0.1, 0.15) is 5.75 Å². The summed E-state index contributed by atoms with van der Waals surface area (Å²) in [5.74, 6) is 1.76. The van der Waals surface area contributed by atoms with Gasteiger partial charge < -0.3 is 14.2 Å². The summed E-state index contributed by atoms with van der Waals surface area (Å²) >= 11 is 0. The Morgan fingerprint density at radius 3 is 2.07 bits per heavy atom. The van der Waals surface area contributed by atoms with E-state index in [1.807, 2.05) is 12.1 Å². The average Bonchev–Trinajstić information content (AvgIpc) is 2.71. The lowest BCUT2D eigenvalue weighted by Crippen LogP contribution is -2.23. The molecule has 0 fully saturated rings. The Kier molecular flexibility index (Phi) is 5.53. The van der Waals surface area contributed by atoms with Crippen molar-refractivity contribution in [3.8, 4) is 17.2 Å². The second kappa shape index (κ2) is 7.85. The molecular weight excluding hydrogens is 366 g/mol. The van der Waals surface area contributed by atoms with Crippen LogP contribution in [0.25, 0.3) is 10.8 Å². The second-order valence-corrected chi connectivity index (χ2v) is 7.56. The monoisotopic (exact) mass is 387 g/mol. The quantitative estimate of drug-likeness (QED) is 0.673. The first-order chi connectivity index (χ1) is 13.0. The van der Waals surface area contributed by atoms with Gasteiger partial charge in [0, 0.05) is 17.3 Å². The summed E-state index contributed by atoms with van der Waals surface area (Å²) in [5, 5.41) is 1.35. The number of sulfonamides is 1. The maximum absolute atomic E-state index is 12.9. The van der Waals surface area contributed by atoms with Crippen molar-refractivity contribution in [3.05, 3.63) is 60.2 Å². The van der Waals surface area contributed by atoms with Gasteiger partial charge in [-0.15, -0.1) is 0 Å². The molecular formula is C20H21NO5S. The first kappa shape index (κ1) is 19.0. The molecule has 3 rings (SSSR count). The van der Waals surface area contributed by atoms with E-state index in [2.05, 4.69) is 4.72 Å². The molecule has 0 heterocycles. The third kappa shape index (κ3) is 3.84. The highest BCUT2D eigenvalue weighted by Gasteiger charge is 2.19. The maximum Gasteiger partial charge on any atom is 0.241 e. The van der Waals surface area contributed by atoms with Crippen molar-refractivity contribution in [2.24, 2.45) is 0 Å². The molecule has 1 N–H and O–H groups in total. The van der Waals surface area contributed by atoms with Crippen LogP contribution in [0.5, 0.6) is 17.2 Å². The summed E-state index contributed by atoms with van der Waals surface area (Å²) in [6, 6.07) is 15.7. The molecule has 0 aliphatic carbocycles. The average molecular weight is 387 g/mol.